The highest BCUT2D eigenvalue weighted by molar-refractivity contribution is 7.93. The molecule has 4 rings (SSSR count). The molecule has 170 valence electrons. The second kappa shape index (κ2) is 8.84. The summed E-state index contributed by atoms with van der Waals surface area (Å²) in [5.41, 5.74) is 1.34. The van der Waals surface area contributed by atoms with Gasteiger partial charge in [-0.3, -0.25) is 9.10 Å². The average molecular weight is 489 g/mol. The van der Waals surface area contributed by atoms with Gasteiger partial charge in [-0.2, -0.15) is 0 Å². The molecule has 7 nitrogen and oxygen atoms in total. The first kappa shape index (κ1) is 22.8. The van der Waals surface area contributed by atoms with Crippen LogP contribution >= 0.6 is 11.6 Å². The van der Waals surface area contributed by atoms with Crippen molar-refractivity contribution in [3.05, 3.63) is 77.1 Å². The number of fused-ring (bicyclic) bond motifs is 3. The predicted octanol–water partition coefficient (Wildman–Crippen LogP) is 4.47. The first-order chi connectivity index (χ1) is 15.7. The van der Waals surface area contributed by atoms with Crippen LogP contribution in [0.5, 0.6) is 0 Å². The van der Waals surface area contributed by atoms with Gasteiger partial charge in [0.05, 0.1) is 27.8 Å². The smallest absolute Gasteiger partial charge is 0.339 e. The Morgan fingerprint density at radius 3 is 2.55 bits per heavy atom. The highest BCUT2D eigenvalue weighted by Gasteiger charge is 2.36. The second-order valence-electron chi connectivity index (χ2n) is 7.13. The fourth-order valence-corrected chi connectivity index (χ4v) is 5.48. The third-order valence-electron chi connectivity index (χ3n) is 5.01. The summed E-state index contributed by atoms with van der Waals surface area (Å²) in [7, 11) is -4.07. The van der Waals surface area contributed by atoms with Crippen LogP contribution in [-0.2, 0) is 19.6 Å². The Kier molecular flexibility index (Phi) is 6.09. The molecule has 0 saturated carbocycles. The standard InChI is InChI=1S/C23H18ClFN2O5S/c1-2-32-23(29)17-9-8-15(12-19(17)24)26-22(28)13-27-20-10-7-14(25)11-18(20)16-5-3-4-6-21(16)33(27,30)31/h3-12H,2,13H2,1H3,(H,26,28). The quantitative estimate of drug-likeness (QED) is 0.535. The molecule has 0 unspecified atom stereocenters. The lowest BCUT2D eigenvalue weighted by Gasteiger charge is -2.31. The van der Waals surface area contributed by atoms with Crippen molar-refractivity contribution in [2.45, 2.75) is 11.8 Å². The van der Waals surface area contributed by atoms with Gasteiger partial charge in [-0.15, -0.1) is 0 Å². The first-order valence-electron chi connectivity index (χ1n) is 9.90. The summed E-state index contributed by atoms with van der Waals surface area (Å²) >= 11 is 6.12. The van der Waals surface area contributed by atoms with E-state index >= 15 is 0 Å². The van der Waals surface area contributed by atoms with Crippen LogP contribution in [0, 0.1) is 5.82 Å². The van der Waals surface area contributed by atoms with Crippen molar-refractivity contribution in [2.24, 2.45) is 0 Å². The van der Waals surface area contributed by atoms with E-state index in [-0.39, 0.29) is 33.5 Å². The molecule has 0 bridgehead atoms. The van der Waals surface area contributed by atoms with Crippen LogP contribution in [0.4, 0.5) is 15.8 Å². The van der Waals surface area contributed by atoms with E-state index in [0.717, 1.165) is 10.4 Å². The Bertz CT molecular complexity index is 1380. The Morgan fingerprint density at radius 1 is 1.06 bits per heavy atom. The van der Waals surface area contributed by atoms with Gasteiger partial charge in [-0.1, -0.05) is 29.8 Å². The van der Waals surface area contributed by atoms with Gasteiger partial charge in [0.2, 0.25) is 5.91 Å². The van der Waals surface area contributed by atoms with E-state index in [1.165, 1.54) is 36.4 Å². The van der Waals surface area contributed by atoms with Crippen molar-refractivity contribution in [3.63, 3.8) is 0 Å². The minimum absolute atomic E-state index is 0.0160. The number of nitrogens with one attached hydrogen (secondary N) is 1. The minimum atomic E-state index is -4.07. The summed E-state index contributed by atoms with van der Waals surface area (Å²) < 4.78 is 46.3. The van der Waals surface area contributed by atoms with Crippen molar-refractivity contribution >= 4 is 44.9 Å². The van der Waals surface area contributed by atoms with Gasteiger partial charge in [0.15, 0.2) is 0 Å². The number of rotatable bonds is 5. The van der Waals surface area contributed by atoms with Gasteiger partial charge in [0.1, 0.15) is 12.4 Å². The summed E-state index contributed by atoms with van der Waals surface area (Å²) in [6, 6.07) is 14.2. The van der Waals surface area contributed by atoms with E-state index in [1.807, 2.05) is 0 Å². The molecule has 1 heterocycles. The van der Waals surface area contributed by atoms with Crippen molar-refractivity contribution in [1.82, 2.24) is 0 Å². The van der Waals surface area contributed by atoms with Gasteiger partial charge in [0.25, 0.3) is 10.0 Å². The summed E-state index contributed by atoms with van der Waals surface area (Å²) in [5.74, 6) is -1.76. The molecular weight excluding hydrogens is 471 g/mol. The maximum absolute atomic E-state index is 13.9. The van der Waals surface area contributed by atoms with Crippen LogP contribution in [-0.4, -0.2) is 33.4 Å². The van der Waals surface area contributed by atoms with Gasteiger partial charge in [0, 0.05) is 16.8 Å². The van der Waals surface area contributed by atoms with E-state index < -0.39 is 34.3 Å². The molecule has 3 aromatic rings. The van der Waals surface area contributed by atoms with E-state index in [1.54, 1.807) is 25.1 Å². The third kappa shape index (κ3) is 4.29. The third-order valence-corrected chi connectivity index (χ3v) is 7.14. The molecule has 1 amide bonds. The molecule has 0 aliphatic carbocycles. The number of sulfonamides is 1. The molecule has 0 radical (unpaired) electrons. The molecule has 33 heavy (non-hydrogen) atoms. The molecule has 0 saturated heterocycles. The lowest BCUT2D eigenvalue weighted by molar-refractivity contribution is -0.114. The summed E-state index contributed by atoms with van der Waals surface area (Å²) in [4.78, 5) is 24.6. The number of carbonyl (C=O) groups excluding carboxylic acids is 2. The Morgan fingerprint density at radius 2 is 1.82 bits per heavy atom. The maximum Gasteiger partial charge on any atom is 0.339 e. The van der Waals surface area contributed by atoms with Gasteiger partial charge in [-0.25, -0.2) is 17.6 Å². The fourth-order valence-electron chi connectivity index (χ4n) is 3.57. The average Bonchev–Trinajstić information content (AvgIpc) is 2.77. The number of esters is 1. The highest BCUT2D eigenvalue weighted by Crippen LogP contribution is 2.43. The molecule has 1 aliphatic heterocycles. The predicted molar refractivity (Wildman–Crippen MR) is 122 cm³/mol. The topological polar surface area (TPSA) is 92.8 Å². The van der Waals surface area contributed by atoms with E-state index in [2.05, 4.69) is 5.32 Å². The SMILES string of the molecule is CCOC(=O)c1ccc(NC(=O)CN2c3ccc(F)cc3-c3ccccc3S2(=O)=O)cc1Cl. The number of carbonyl (C=O) groups is 2. The Balaban J connectivity index is 1.62. The minimum Gasteiger partial charge on any atom is -0.462 e. The van der Waals surface area contributed by atoms with Crippen LogP contribution < -0.4 is 9.62 Å². The largest absolute Gasteiger partial charge is 0.462 e. The monoisotopic (exact) mass is 488 g/mol. The van der Waals surface area contributed by atoms with Crippen molar-refractivity contribution < 1.29 is 27.1 Å². The normalized spacial score (nSPS) is 13.6. The number of nitrogens with zero attached hydrogens (tertiary/aromatic N) is 1. The Labute approximate surface area is 194 Å². The molecule has 0 fully saturated rings. The number of hydrogen-bond donors (Lipinski definition) is 1. The lowest BCUT2D eigenvalue weighted by Crippen LogP contribution is -2.40. The van der Waals surface area contributed by atoms with Crippen molar-refractivity contribution in [1.29, 1.82) is 0 Å². The first-order valence-corrected chi connectivity index (χ1v) is 11.7. The molecule has 0 aromatic heterocycles. The number of anilines is 2. The summed E-state index contributed by atoms with van der Waals surface area (Å²) in [6.45, 7) is 1.30. The molecule has 3 aromatic carbocycles. The van der Waals surface area contributed by atoms with E-state index in [4.69, 9.17) is 16.3 Å². The molecule has 1 aliphatic rings. The molecule has 0 spiro atoms. The zero-order chi connectivity index (χ0) is 23.8. The number of benzene rings is 3. The van der Waals surface area contributed by atoms with Crippen LogP contribution in [0.25, 0.3) is 11.1 Å². The van der Waals surface area contributed by atoms with Gasteiger partial charge in [-0.05, 0) is 49.4 Å². The maximum atomic E-state index is 13.9. The van der Waals surface area contributed by atoms with Crippen LogP contribution in [0.15, 0.2) is 65.6 Å². The summed E-state index contributed by atoms with van der Waals surface area (Å²) in [6.07, 6.45) is 0. The van der Waals surface area contributed by atoms with Crippen LogP contribution in [0.2, 0.25) is 5.02 Å². The fraction of sp³-hybridized carbons (Fsp3) is 0.130. The van der Waals surface area contributed by atoms with Crippen molar-refractivity contribution in [2.75, 3.05) is 22.8 Å². The second-order valence-corrected chi connectivity index (χ2v) is 9.37. The number of amides is 1. The van der Waals surface area contributed by atoms with E-state index in [9.17, 15) is 22.4 Å². The van der Waals surface area contributed by atoms with Crippen LogP contribution in [0.1, 0.15) is 17.3 Å². The molecule has 1 N–H and O–H groups in total. The van der Waals surface area contributed by atoms with E-state index in [0.29, 0.717) is 11.1 Å². The number of ether oxygens (including phenoxy) is 1. The van der Waals surface area contributed by atoms with Crippen LogP contribution in [0.3, 0.4) is 0 Å². The molecular formula is C23H18ClFN2O5S. The van der Waals surface area contributed by atoms with Gasteiger partial charge < -0.3 is 10.1 Å². The molecule has 0 atom stereocenters. The zero-order valence-corrected chi connectivity index (χ0v) is 18.9. The number of hydrogen-bond acceptors (Lipinski definition) is 5. The van der Waals surface area contributed by atoms with Gasteiger partial charge >= 0.3 is 5.97 Å². The zero-order valence-electron chi connectivity index (χ0n) is 17.3. The van der Waals surface area contributed by atoms with Crippen molar-refractivity contribution in [3.8, 4) is 11.1 Å². The molecule has 10 heteroatoms. The highest BCUT2D eigenvalue weighted by atomic mass is 35.5. The number of halogens is 2. The lowest BCUT2D eigenvalue weighted by atomic mass is 10.0. The summed E-state index contributed by atoms with van der Waals surface area (Å²) in [5, 5.41) is 2.65. The Hall–Kier alpha value is -3.43.